The minimum Gasteiger partial charge on any atom is -0.456 e. The summed E-state index contributed by atoms with van der Waals surface area (Å²) in [5, 5.41) is 12.4. The molecular weight excluding hydrogens is 306 g/mol. The Bertz CT molecular complexity index is 558. The van der Waals surface area contributed by atoms with Crippen LogP contribution >= 0.6 is 15.9 Å². The van der Waals surface area contributed by atoms with Gasteiger partial charge in [-0.05, 0) is 46.7 Å². The summed E-state index contributed by atoms with van der Waals surface area (Å²) in [5.74, 6) is 1.41. The fourth-order valence-corrected chi connectivity index (χ4v) is 2.30. The van der Waals surface area contributed by atoms with Gasteiger partial charge in [-0.1, -0.05) is 24.3 Å². The van der Waals surface area contributed by atoms with Gasteiger partial charge in [0.05, 0.1) is 11.1 Å². The lowest BCUT2D eigenvalue weighted by Crippen LogP contribution is -2.04. The standard InChI is InChI=1S/C15H16BrNO2/c1-17-9-11-6-7-15(13(16)8-11)19-14-5-3-2-4-12(14)10-18/h2-8,17-18H,9-10H2,1H3. The molecule has 0 aromatic heterocycles. The van der Waals surface area contributed by atoms with Gasteiger partial charge in [0.2, 0.25) is 0 Å². The third-order valence-electron chi connectivity index (χ3n) is 2.74. The lowest BCUT2D eigenvalue weighted by Gasteiger charge is -2.12. The Labute approximate surface area is 121 Å². The molecule has 2 aromatic carbocycles. The van der Waals surface area contributed by atoms with E-state index in [1.54, 1.807) is 0 Å². The molecule has 0 bridgehead atoms. The number of benzene rings is 2. The van der Waals surface area contributed by atoms with Gasteiger partial charge < -0.3 is 15.2 Å². The van der Waals surface area contributed by atoms with Crippen LogP contribution < -0.4 is 10.1 Å². The summed E-state index contributed by atoms with van der Waals surface area (Å²) < 4.78 is 6.73. The molecule has 0 aliphatic heterocycles. The van der Waals surface area contributed by atoms with Crippen LogP contribution in [0.2, 0.25) is 0 Å². The van der Waals surface area contributed by atoms with Crippen molar-refractivity contribution in [2.24, 2.45) is 0 Å². The number of halogens is 1. The minimum absolute atomic E-state index is 0.0361. The van der Waals surface area contributed by atoms with E-state index < -0.39 is 0 Å². The Kier molecular flexibility index (Phi) is 4.96. The van der Waals surface area contributed by atoms with Crippen molar-refractivity contribution in [3.63, 3.8) is 0 Å². The number of para-hydroxylation sites is 1. The summed E-state index contributed by atoms with van der Waals surface area (Å²) in [6.07, 6.45) is 0. The third kappa shape index (κ3) is 3.56. The summed E-state index contributed by atoms with van der Waals surface area (Å²) in [6, 6.07) is 13.4. The molecule has 3 nitrogen and oxygen atoms in total. The predicted octanol–water partition coefficient (Wildman–Crippen LogP) is 3.45. The van der Waals surface area contributed by atoms with Crippen LogP contribution in [-0.2, 0) is 13.2 Å². The first-order chi connectivity index (χ1) is 9.24. The van der Waals surface area contributed by atoms with E-state index in [1.807, 2.05) is 49.5 Å². The lowest BCUT2D eigenvalue weighted by molar-refractivity contribution is 0.276. The fraction of sp³-hybridized carbons (Fsp3) is 0.200. The zero-order chi connectivity index (χ0) is 13.7. The number of nitrogens with one attached hydrogen (secondary N) is 1. The molecule has 0 saturated carbocycles. The highest BCUT2D eigenvalue weighted by molar-refractivity contribution is 9.10. The molecule has 0 unspecified atom stereocenters. The highest BCUT2D eigenvalue weighted by Crippen LogP contribution is 2.32. The van der Waals surface area contributed by atoms with Gasteiger partial charge in [-0.25, -0.2) is 0 Å². The summed E-state index contributed by atoms with van der Waals surface area (Å²) >= 11 is 3.51. The van der Waals surface area contributed by atoms with Crippen molar-refractivity contribution in [1.29, 1.82) is 0 Å². The summed E-state index contributed by atoms with van der Waals surface area (Å²) in [5.41, 5.74) is 1.95. The van der Waals surface area contributed by atoms with E-state index >= 15 is 0 Å². The first kappa shape index (κ1) is 14.1. The Balaban J connectivity index is 2.23. The summed E-state index contributed by atoms with van der Waals surface area (Å²) in [4.78, 5) is 0. The number of hydrogen-bond donors (Lipinski definition) is 2. The van der Waals surface area contributed by atoms with E-state index in [0.29, 0.717) is 5.75 Å². The van der Waals surface area contributed by atoms with Gasteiger partial charge in [-0.3, -0.25) is 0 Å². The molecule has 2 N–H and O–H groups in total. The van der Waals surface area contributed by atoms with Gasteiger partial charge in [-0.15, -0.1) is 0 Å². The number of rotatable bonds is 5. The van der Waals surface area contributed by atoms with Crippen molar-refractivity contribution in [3.8, 4) is 11.5 Å². The monoisotopic (exact) mass is 321 g/mol. The molecule has 100 valence electrons. The van der Waals surface area contributed by atoms with Crippen molar-refractivity contribution < 1.29 is 9.84 Å². The highest BCUT2D eigenvalue weighted by Gasteiger charge is 2.07. The minimum atomic E-state index is -0.0361. The summed E-state index contributed by atoms with van der Waals surface area (Å²) in [6.45, 7) is 0.776. The second-order valence-corrected chi connectivity index (χ2v) is 5.02. The maximum Gasteiger partial charge on any atom is 0.141 e. The van der Waals surface area contributed by atoms with E-state index in [1.165, 1.54) is 5.56 Å². The largest absolute Gasteiger partial charge is 0.456 e. The molecule has 4 heteroatoms. The van der Waals surface area contributed by atoms with Crippen LogP contribution in [-0.4, -0.2) is 12.2 Å². The van der Waals surface area contributed by atoms with Crippen LogP contribution in [0.1, 0.15) is 11.1 Å². The van der Waals surface area contributed by atoms with Crippen LogP contribution in [0.25, 0.3) is 0 Å². The molecule has 0 fully saturated rings. The van der Waals surface area contributed by atoms with Gasteiger partial charge in [0, 0.05) is 12.1 Å². The van der Waals surface area contributed by atoms with Crippen molar-refractivity contribution in [3.05, 3.63) is 58.1 Å². The number of aliphatic hydroxyl groups excluding tert-OH is 1. The molecule has 0 radical (unpaired) electrons. The quantitative estimate of drug-likeness (QED) is 0.886. The predicted molar refractivity (Wildman–Crippen MR) is 79.3 cm³/mol. The molecule has 0 aliphatic rings. The molecule has 2 rings (SSSR count). The van der Waals surface area contributed by atoms with Crippen molar-refractivity contribution in [1.82, 2.24) is 5.32 Å². The SMILES string of the molecule is CNCc1ccc(Oc2ccccc2CO)c(Br)c1. The van der Waals surface area contributed by atoms with E-state index in [2.05, 4.69) is 21.2 Å². The van der Waals surface area contributed by atoms with Crippen LogP contribution in [0.4, 0.5) is 0 Å². The van der Waals surface area contributed by atoms with Crippen molar-refractivity contribution >= 4 is 15.9 Å². The fourth-order valence-electron chi connectivity index (χ4n) is 1.79. The Hall–Kier alpha value is -1.36. The van der Waals surface area contributed by atoms with Gasteiger partial charge in [-0.2, -0.15) is 0 Å². The first-order valence-corrected chi connectivity index (χ1v) is 6.83. The number of aliphatic hydroxyl groups is 1. The molecular formula is C15H16BrNO2. The average molecular weight is 322 g/mol. The molecule has 2 aromatic rings. The Morgan fingerprint density at radius 3 is 2.63 bits per heavy atom. The molecule has 0 saturated heterocycles. The Morgan fingerprint density at radius 1 is 1.16 bits per heavy atom. The maximum absolute atomic E-state index is 9.28. The molecule has 0 spiro atoms. The molecule has 0 atom stereocenters. The van der Waals surface area contributed by atoms with Crippen LogP contribution in [0.5, 0.6) is 11.5 Å². The van der Waals surface area contributed by atoms with Gasteiger partial charge in [0.1, 0.15) is 11.5 Å². The van der Waals surface area contributed by atoms with Crippen molar-refractivity contribution in [2.75, 3.05) is 7.05 Å². The Morgan fingerprint density at radius 2 is 1.95 bits per heavy atom. The molecule has 19 heavy (non-hydrogen) atoms. The van der Waals surface area contributed by atoms with Gasteiger partial charge in [0.25, 0.3) is 0 Å². The van der Waals surface area contributed by atoms with E-state index in [9.17, 15) is 5.11 Å². The van der Waals surface area contributed by atoms with Crippen LogP contribution in [0.3, 0.4) is 0 Å². The molecule has 0 amide bonds. The van der Waals surface area contributed by atoms with E-state index in [-0.39, 0.29) is 6.61 Å². The molecule has 0 heterocycles. The maximum atomic E-state index is 9.28. The normalized spacial score (nSPS) is 10.5. The van der Waals surface area contributed by atoms with E-state index in [4.69, 9.17) is 4.74 Å². The number of ether oxygens (including phenoxy) is 1. The number of hydrogen-bond acceptors (Lipinski definition) is 3. The lowest BCUT2D eigenvalue weighted by atomic mass is 10.2. The summed E-state index contributed by atoms with van der Waals surface area (Å²) in [7, 11) is 1.91. The van der Waals surface area contributed by atoms with Gasteiger partial charge in [0.15, 0.2) is 0 Å². The van der Waals surface area contributed by atoms with Gasteiger partial charge >= 0.3 is 0 Å². The topological polar surface area (TPSA) is 41.5 Å². The molecule has 0 aliphatic carbocycles. The second kappa shape index (κ2) is 6.70. The van der Waals surface area contributed by atoms with E-state index in [0.717, 1.165) is 22.3 Å². The first-order valence-electron chi connectivity index (χ1n) is 6.04. The zero-order valence-corrected chi connectivity index (χ0v) is 12.3. The zero-order valence-electron chi connectivity index (χ0n) is 10.7. The van der Waals surface area contributed by atoms with Crippen LogP contribution in [0, 0.1) is 0 Å². The smallest absolute Gasteiger partial charge is 0.141 e. The third-order valence-corrected chi connectivity index (χ3v) is 3.36. The van der Waals surface area contributed by atoms with Crippen LogP contribution in [0.15, 0.2) is 46.9 Å². The van der Waals surface area contributed by atoms with Crippen molar-refractivity contribution in [2.45, 2.75) is 13.2 Å². The highest BCUT2D eigenvalue weighted by atomic mass is 79.9. The second-order valence-electron chi connectivity index (χ2n) is 4.16. The average Bonchev–Trinajstić information content (AvgIpc) is 2.43.